The van der Waals surface area contributed by atoms with E-state index in [-0.39, 0.29) is 5.82 Å². The fourth-order valence-electron chi connectivity index (χ4n) is 3.02. The maximum absolute atomic E-state index is 13.1. The second-order valence-corrected chi connectivity index (χ2v) is 8.09. The largest absolute Gasteiger partial charge is 0.493 e. The number of thiocarbonyl (C=S) groups is 1. The van der Waals surface area contributed by atoms with E-state index >= 15 is 0 Å². The topological polar surface area (TPSA) is 68.3 Å². The van der Waals surface area contributed by atoms with Gasteiger partial charge in [0.05, 0.1) is 19.7 Å². The van der Waals surface area contributed by atoms with Gasteiger partial charge in [0.15, 0.2) is 16.6 Å². The van der Waals surface area contributed by atoms with Crippen LogP contribution in [-0.2, 0) is 0 Å². The fourth-order valence-corrected chi connectivity index (χ4v) is 4.18. The SMILES string of the molecule is COc1cc2ncnc(Sc3cccc(NC(=S)Nc4ccc(F)cc4)c3)c2cc1OC. The zero-order chi connectivity index (χ0) is 22.5. The molecule has 1 aromatic heterocycles. The Kier molecular flexibility index (Phi) is 6.67. The molecular formula is C23H19FN4O2S2. The van der Waals surface area contributed by atoms with Gasteiger partial charge in [-0.2, -0.15) is 0 Å². The van der Waals surface area contributed by atoms with Gasteiger partial charge in [0.1, 0.15) is 17.2 Å². The second kappa shape index (κ2) is 9.80. The highest BCUT2D eigenvalue weighted by Gasteiger charge is 2.12. The lowest BCUT2D eigenvalue weighted by molar-refractivity contribution is 0.355. The van der Waals surface area contributed by atoms with Gasteiger partial charge in [-0.1, -0.05) is 17.8 Å². The van der Waals surface area contributed by atoms with E-state index in [0.29, 0.717) is 22.3 Å². The first kappa shape index (κ1) is 21.8. The smallest absolute Gasteiger partial charge is 0.175 e. The van der Waals surface area contributed by atoms with E-state index in [1.807, 2.05) is 36.4 Å². The third-order valence-corrected chi connectivity index (χ3v) is 5.73. The van der Waals surface area contributed by atoms with Crippen LogP contribution < -0.4 is 20.1 Å². The molecule has 0 aliphatic heterocycles. The van der Waals surface area contributed by atoms with Gasteiger partial charge in [-0.25, -0.2) is 14.4 Å². The van der Waals surface area contributed by atoms with Gasteiger partial charge in [-0.05, 0) is 60.7 Å². The van der Waals surface area contributed by atoms with Crippen molar-refractivity contribution in [3.63, 3.8) is 0 Å². The summed E-state index contributed by atoms with van der Waals surface area (Å²) in [7, 11) is 3.19. The number of aromatic nitrogens is 2. The maximum atomic E-state index is 13.1. The summed E-state index contributed by atoms with van der Waals surface area (Å²) >= 11 is 6.87. The molecule has 0 saturated carbocycles. The van der Waals surface area contributed by atoms with Crippen molar-refractivity contribution in [2.75, 3.05) is 24.9 Å². The van der Waals surface area contributed by atoms with Crippen molar-refractivity contribution in [2.24, 2.45) is 0 Å². The number of hydrogen-bond acceptors (Lipinski definition) is 6. The number of rotatable bonds is 6. The van der Waals surface area contributed by atoms with E-state index in [4.69, 9.17) is 21.7 Å². The van der Waals surface area contributed by atoms with E-state index in [1.54, 1.807) is 26.4 Å². The first-order valence-corrected chi connectivity index (χ1v) is 10.8. The summed E-state index contributed by atoms with van der Waals surface area (Å²) in [6.45, 7) is 0. The molecule has 0 unspecified atom stereocenters. The molecule has 3 aromatic carbocycles. The van der Waals surface area contributed by atoms with Gasteiger partial charge in [-0.3, -0.25) is 0 Å². The van der Waals surface area contributed by atoms with Crippen LogP contribution in [0.2, 0.25) is 0 Å². The monoisotopic (exact) mass is 466 g/mol. The third kappa shape index (κ3) is 5.06. The van der Waals surface area contributed by atoms with Crippen LogP contribution in [0.1, 0.15) is 0 Å². The molecule has 0 aliphatic carbocycles. The van der Waals surface area contributed by atoms with Crippen molar-refractivity contribution in [3.8, 4) is 11.5 Å². The average molecular weight is 467 g/mol. The van der Waals surface area contributed by atoms with Gasteiger partial charge in [-0.15, -0.1) is 0 Å². The van der Waals surface area contributed by atoms with Gasteiger partial charge >= 0.3 is 0 Å². The molecule has 0 aliphatic rings. The number of anilines is 2. The summed E-state index contributed by atoms with van der Waals surface area (Å²) in [5.41, 5.74) is 2.28. The van der Waals surface area contributed by atoms with Crippen molar-refractivity contribution in [1.82, 2.24) is 9.97 Å². The number of halogens is 1. The minimum absolute atomic E-state index is 0.299. The fraction of sp³-hybridized carbons (Fsp3) is 0.0870. The van der Waals surface area contributed by atoms with E-state index < -0.39 is 0 Å². The summed E-state index contributed by atoms with van der Waals surface area (Å²) in [5, 5.41) is 8.24. The quantitative estimate of drug-likeness (QED) is 0.275. The van der Waals surface area contributed by atoms with Gasteiger partial charge < -0.3 is 20.1 Å². The van der Waals surface area contributed by atoms with Gasteiger partial charge in [0.2, 0.25) is 0 Å². The molecule has 0 bridgehead atoms. The highest BCUT2D eigenvalue weighted by Crippen LogP contribution is 2.37. The Hall–Kier alpha value is -3.43. The van der Waals surface area contributed by atoms with Gasteiger partial charge in [0, 0.05) is 27.7 Å². The number of nitrogens with one attached hydrogen (secondary N) is 2. The zero-order valence-electron chi connectivity index (χ0n) is 17.3. The van der Waals surface area contributed by atoms with Crippen LogP contribution in [0.25, 0.3) is 10.9 Å². The number of ether oxygens (including phenoxy) is 2. The first-order valence-electron chi connectivity index (χ1n) is 9.54. The second-order valence-electron chi connectivity index (χ2n) is 6.62. The third-order valence-electron chi connectivity index (χ3n) is 4.51. The normalized spacial score (nSPS) is 10.6. The molecule has 0 amide bonds. The molecule has 4 aromatic rings. The first-order chi connectivity index (χ1) is 15.6. The summed E-state index contributed by atoms with van der Waals surface area (Å²) < 4.78 is 23.9. The predicted molar refractivity (Wildman–Crippen MR) is 129 cm³/mol. The Labute approximate surface area is 194 Å². The van der Waals surface area contributed by atoms with Crippen LogP contribution >= 0.6 is 24.0 Å². The van der Waals surface area contributed by atoms with Crippen LogP contribution in [0, 0.1) is 5.82 Å². The van der Waals surface area contributed by atoms with Crippen molar-refractivity contribution in [2.45, 2.75) is 9.92 Å². The van der Waals surface area contributed by atoms with Crippen LogP contribution in [0.4, 0.5) is 15.8 Å². The molecular weight excluding hydrogens is 447 g/mol. The molecule has 0 radical (unpaired) electrons. The highest BCUT2D eigenvalue weighted by atomic mass is 32.2. The number of methoxy groups -OCH3 is 2. The standard InChI is InChI=1S/C23H19FN4O2S2/c1-29-20-11-18-19(12-21(20)30-2)25-13-26-22(18)32-17-5-3-4-16(10-17)28-23(31)27-15-8-6-14(24)7-9-15/h3-13H,1-2H3,(H2,27,28,31). The number of nitrogens with zero attached hydrogens (tertiary/aromatic N) is 2. The molecule has 0 atom stereocenters. The van der Waals surface area contributed by atoms with E-state index in [2.05, 4.69) is 20.6 Å². The molecule has 0 saturated heterocycles. The zero-order valence-corrected chi connectivity index (χ0v) is 18.9. The molecule has 32 heavy (non-hydrogen) atoms. The lowest BCUT2D eigenvalue weighted by atomic mass is 10.2. The summed E-state index contributed by atoms with van der Waals surface area (Å²) in [6, 6.07) is 17.5. The molecule has 4 rings (SSSR count). The summed E-state index contributed by atoms with van der Waals surface area (Å²) in [6.07, 6.45) is 1.53. The highest BCUT2D eigenvalue weighted by molar-refractivity contribution is 7.99. The lowest BCUT2D eigenvalue weighted by Crippen LogP contribution is -2.18. The Morgan fingerprint density at radius 1 is 0.906 bits per heavy atom. The van der Waals surface area contributed by atoms with Crippen LogP contribution in [-0.4, -0.2) is 29.3 Å². The number of hydrogen-bond donors (Lipinski definition) is 2. The summed E-state index contributed by atoms with van der Waals surface area (Å²) in [5.74, 6) is 0.930. The van der Waals surface area contributed by atoms with E-state index in [1.165, 1.54) is 30.2 Å². The van der Waals surface area contributed by atoms with E-state index in [9.17, 15) is 4.39 Å². The average Bonchev–Trinajstić information content (AvgIpc) is 2.80. The molecule has 9 heteroatoms. The Balaban J connectivity index is 1.53. The Morgan fingerprint density at radius 3 is 2.38 bits per heavy atom. The van der Waals surface area contributed by atoms with Crippen molar-refractivity contribution >= 4 is 51.4 Å². The predicted octanol–water partition coefficient (Wildman–Crippen LogP) is 5.75. The summed E-state index contributed by atoms with van der Waals surface area (Å²) in [4.78, 5) is 9.77. The Morgan fingerprint density at radius 2 is 1.62 bits per heavy atom. The minimum atomic E-state index is -0.299. The number of benzene rings is 3. The van der Waals surface area contributed by atoms with Crippen molar-refractivity contribution in [3.05, 3.63) is 72.8 Å². The molecule has 162 valence electrons. The maximum Gasteiger partial charge on any atom is 0.175 e. The van der Waals surface area contributed by atoms with E-state index in [0.717, 1.165) is 26.5 Å². The van der Waals surface area contributed by atoms with Crippen molar-refractivity contribution in [1.29, 1.82) is 0 Å². The molecule has 6 nitrogen and oxygen atoms in total. The Bertz CT molecular complexity index is 1270. The minimum Gasteiger partial charge on any atom is -0.493 e. The molecule has 0 fully saturated rings. The molecule has 2 N–H and O–H groups in total. The molecule has 1 heterocycles. The van der Waals surface area contributed by atoms with Gasteiger partial charge in [0.25, 0.3) is 0 Å². The van der Waals surface area contributed by atoms with Crippen molar-refractivity contribution < 1.29 is 13.9 Å². The molecule has 0 spiro atoms. The van der Waals surface area contributed by atoms with Crippen LogP contribution in [0.3, 0.4) is 0 Å². The number of fused-ring (bicyclic) bond motifs is 1. The lowest BCUT2D eigenvalue weighted by Gasteiger charge is -2.12. The van der Waals surface area contributed by atoms with Crippen LogP contribution in [0.5, 0.6) is 11.5 Å². The van der Waals surface area contributed by atoms with Crippen LogP contribution in [0.15, 0.2) is 76.9 Å².